The molecular formula is C13H16BrClHg2O. The fourth-order valence-corrected chi connectivity index (χ4v) is 16.7. The Balaban J connectivity index is 3.29. The van der Waals surface area contributed by atoms with Crippen molar-refractivity contribution in [1.82, 2.24) is 0 Å². The van der Waals surface area contributed by atoms with E-state index in [1.54, 1.807) is 6.08 Å². The minimum absolute atomic E-state index is 0.177. The summed E-state index contributed by atoms with van der Waals surface area (Å²) in [7, 11) is 6.29. The van der Waals surface area contributed by atoms with Crippen LogP contribution in [0.25, 0.3) is 0 Å². The molecule has 1 aromatic carbocycles. The number of halogens is 2. The molecule has 0 saturated heterocycles. The zero-order valence-electron chi connectivity index (χ0n) is 11.2. The maximum absolute atomic E-state index is 6.29. The molecule has 0 heterocycles. The number of ether oxygens (including phenoxy) is 1. The Morgan fingerprint density at radius 1 is 1.39 bits per heavy atom. The zero-order valence-corrected chi connectivity index (χ0v) is 24.6. The molecular weight excluding hydrogens is 689 g/mol. The number of hydrogen-bond acceptors (Lipinski definition) is 1. The molecule has 0 amide bonds. The molecule has 18 heavy (non-hydrogen) atoms. The summed E-state index contributed by atoms with van der Waals surface area (Å²) in [5.74, 6) is 1.08. The van der Waals surface area contributed by atoms with Gasteiger partial charge in [-0.15, -0.1) is 0 Å². The van der Waals surface area contributed by atoms with Crippen molar-refractivity contribution in [2.45, 2.75) is 26.2 Å². The Hall–Kier alpha value is 1.40. The van der Waals surface area contributed by atoms with Crippen molar-refractivity contribution < 1.29 is 50.2 Å². The van der Waals surface area contributed by atoms with E-state index in [0.29, 0.717) is 6.61 Å². The summed E-state index contributed by atoms with van der Waals surface area (Å²) in [4.78, 5) is 0. The summed E-state index contributed by atoms with van der Waals surface area (Å²) in [5, 5.41) is 0. The van der Waals surface area contributed by atoms with Crippen molar-refractivity contribution in [3.63, 3.8) is 0 Å². The first kappa shape index (κ1) is 17.5. The Labute approximate surface area is 143 Å². The van der Waals surface area contributed by atoms with Gasteiger partial charge in [0.1, 0.15) is 0 Å². The molecule has 0 N–H and O–H groups in total. The van der Waals surface area contributed by atoms with Crippen molar-refractivity contribution in [1.29, 1.82) is 0 Å². The summed E-state index contributed by atoms with van der Waals surface area (Å²) in [5.41, 5.74) is 1.56. The van der Waals surface area contributed by atoms with Crippen molar-refractivity contribution in [3.05, 3.63) is 30.4 Å². The fraction of sp³-hybridized carbons (Fsp3) is 0.385. The van der Waals surface area contributed by atoms with Gasteiger partial charge in [-0.1, -0.05) is 0 Å². The third-order valence-electron chi connectivity index (χ3n) is 2.74. The molecule has 5 heteroatoms. The number of hydrogen-bond donors (Lipinski definition) is 0. The van der Waals surface area contributed by atoms with Gasteiger partial charge in [0, 0.05) is 0 Å². The van der Waals surface area contributed by atoms with Crippen LogP contribution in [0, 0.1) is 0 Å². The van der Waals surface area contributed by atoms with E-state index in [1.165, 1.54) is 11.7 Å². The number of benzene rings is 1. The summed E-state index contributed by atoms with van der Waals surface area (Å²) < 4.78 is 8.58. The van der Waals surface area contributed by atoms with E-state index in [4.69, 9.17) is 13.0 Å². The molecule has 1 aromatic rings. The summed E-state index contributed by atoms with van der Waals surface area (Å²) in [6, 6.07) is 4.59. The molecule has 0 bridgehead atoms. The van der Waals surface area contributed by atoms with E-state index in [-0.39, 0.29) is 5.41 Å². The summed E-state index contributed by atoms with van der Waals surface area (Å²) >= 11 is 1.08. The summed E-state index contributed by atoms with van der Waals surface area (Å²) in [6.45, 7) is 11.0. The third kappa shape index (κ3) is 4.75. The molecule has 0 aromatic heterocycles. The molecule has 0 saturated carbocycles. The van der Waals surface area contributed by atoms with Gasteiger partial charge in [0.15, 0.2) is 0 Å². The second kappa shape index (κ2) is 7.99. The average molecular weight is 705 g/mol. The van der Waals surface area contributed by atoms with Crippen LogP contribution in [0.15, 0.2) is 24.8 Å². The van der Waals surface area contributed by atoms with Crippen molar-refractivity contribution in [2.75, 3.05) is 6.61 Å². The van der Waals surface area contributed by atoms with Crippen LogP contribution >= 0.6 is 20.2 Å². The molecule has 92 valence electrons. The first-order valence-electron chi connectivity index (χ1n) is 5.96. The van der Waals surface area contributed by atoms with Gasteiger partial charge < -0.3 is 0 Å². The Kier molecular flexibility index (Phi) is 7.75. The predicted molar refractivity (Wildman–Crippen MR) is 74.9 cm³/mol. The van der Waals surface area contributed by atoms with Crippen molar-refractivity contribution in [2.24, 2.45) is 0 Å². The van der Waals surface area contributed by atoms with Crippen molar-refractivity contribution >= 4 is 26.3 Å². The van der Waals surface area contributed by atoms with E-state index in [9.17, 15) is 0 Å². The molecule has 1 nitrogen and oxygen atoms in total. The van der Waals surface area contributed by atoms with Crippen LogP contribution in [0.2, 0.25) is 0 Å². The van der Waals surface area contributed by atoms with Crippen LogP contribution < -0.4 is 10.9 Å². The molecule has 1 rings (SSSR count). The van der Waals surface area contributed by atoms with Gasteiger partial charge in [0.05, 0.1) is 0 Å². The fourth-order valence-electron chi connectivity index (χ4n) is 1.71. The van der Waals surface area contributed by atoms with E-state index in [2.05, 4.69) is 51.4 Å². The molecule has 0 radical (unpaired) electrons. The van der Waals surface area contributed by atoms with Crippen LogP contribution in [0.1, 0.15) is 26.3 Å². The predicted octanol–water partition coefficient (Wildman–Crippen LogP) is 3.43. The van der Waals surface area contributed by atoms with E-state index >= 15 is 0 Å². The van der Waals surface area contributed by atoms with Gasteiger partial charge in [-0.05, 0) is 0 Å². The van der Waals surface area contributed by atoms with Crippen LogP contribution in [0.3, 0.4) is 0 Å². The zero-order chi connectivity index (χ0) is 13.8. The topological polar surface area (TPSA) is 9.23 Å². The average Bonchev–Trinajstić information content (AvgIpc) is 2.33. The first-order valence-corrected chi connectivity index (χ1v) is 30.1. The molecule has 0 atom stereocenters. The van der Waals surface area contributed by atoms with Gasteiger partial charge in [-0.2, -0.15) is 0 Å². The van der Waals surface area contributed by atoms with Crippen LogP contribution in [0.4, 0.5) is 0 Å². The maximum atomic E-state index is 6.29. The van der Waals surface area contributed by atoms with Gasteiger partial charge in [-0.25, -0.2) is 0 Å². The second-order valence-corrected chi connectivity index (χ2v) is 20.5. The molecule has 0 aliphatic rings. The van der Waals surface area contributed by atoms with Gasteiger partial charge >= 0.3 is 145 Å². The molecule has 0 aliphatic carbocycles. The van der Waals surface area contributed by atoms with E-state index < -0.39 is 45.5 Å². The molecule has 0 spiro atoms. The van der Waals surface area contributed by atoms with Gasteiger partial charge in [-0.3, -0.25) is 0 Å². The Bertz CT molecular complexity index is 404. The first-order chi connectivity index (χ1) is 8.43. The van der Waals surface area contributed by atoms with E-state index in [0.717, 1.165) is 5.75 Å². The normalized spacial score (nSPS) is 10.5. The van der Waals surface area contributed by atoms with Gasteiger partial charge in [0.2, 0.25) is 0 Å². The van der Waals surface area contributed by atoms with E-state index in [1.807, 2.05) is 0 Å². The Morgan fingerprint density at radius 3 is 2.44 bits per heavy atom. The number of rotatable bonds is 5. The molecule has 0 fully saturated rings. The Morgan fingerprint density at radius 2 is 2.00 bits per heavy atom. The molecule has 0 unspecified atom stereocenters. The minimum atomic E-state index is -1.49. The standard InChI is InChI=1S/C13H16O.BrH.ClH.2Hg/c1-5-10-14-12-8-6-11(7-9-12)13(2,3)4;;;;/h5-7H,1,10H2,2-4H3;2*1H;;/q;;;2*+1/p-2. The summed E-state index contributed by atoms with van der Waals surface area (Å²) in [6.07, 6.45) is 1.79. The second-order valence-electron chi connectivity index (χ2n) is 5.24. The quantitative estimate of drug-likeness (QED) is 0.338. The molecule has 0 aliphatic heterocycles. The monoisotopic (exact) mass is 706 g/mol. The van der Waals surface area contributed by atoms with Crippen LogP contribution in [0.5, 0.6) is 5.75 Å². The van der Waals surface area contributed by atoms with Crippen molar-refractivity contribution in [3.8, 4) is 5.75 Å². The van der Waals surface area contributed by atoms with Crippen LogP contribution in [-0.2, 0) is 50.9 Å². The third-order valence-corrected chi connectivity index (χ3v) is 16.9. The van der Waals surface area contributed by atoms with Crippen LogP contribution in [-0.4, -0.2) is 6.61 Å². The SMILES string of the molecule is C=CCOc1[c]([Hg][Cl])cc(C(C)(C)C)c[c]1[Hg][Br]. The van der Waals surface area contributed by atoms with Gasteiger partial charge in [0.25, 0.3) is 0 Å².